The third-order valence-corrected chi connectivity index (χ3v) is 6.50. The number of amidine groups is 1. The first-order valence-corrected chi connectivity index (χ1v) is 11.8. The monoisotopic (exact) mass is 460 g/mol. The second-order valence-corrected chi connectivity index (χ2v) is 9.45. The first kappa shape index (κ1) is 23.8. The van der Waals surface area contributed by atoms with Gasteiger partial charge >= 0.3 is 0 Å². The molecule has 2 aromatic carbocycles. The first-order chi connectivity index (χ1) is 16.5. The maximum absolute atomic E-state index is 14.5. The number of nitrogens with one attached hydrogen (secondary N) is 2. The molecule has 0 aliphatic carbocycles. The second-order valence-electron chi connectivity index (χ2n) is 9.45. The van der Waals surface area contributed by atoms with Crippen molar-refractivity contribution in [1.29, 1.82) is 0 Å². The summed E-state index contributed by atoms with van der Waals surface area (Å²) < 4.78 is 14.5. The Hall–Kier alpha value is -3.32. The highest BCUT2D eigenvalue weighted by Crippen LogP contribution is 2.43. The van der Waals surface area contributed by atoms with Crippen LogP contribution in [0.3, 0.4) is 0 Å². The van der Waals surface area contributed by atoms with E-state index < -0.39 is 0 Å². The van der Waals surface area contributed by atoms with Crippen molar-refractivity contribution in [3.05, 3.63) is 83.9 Å². The van der Waals surface area contributed by atoms with Crippen LogP contribution in [0.5, 0.6) is 0 Å². The van der Waals surface area contributed by atoms with Crippen molar-refractivity contribution in [2.45, 2.75) is 45.1 Å². The topological polar surface area (TPSA) is 88.2 Å². The Kier molecular flexibility index (Phi) is 7.53. The van der Waals surface area contributed by atoms with E-state index in [9.17, 15) is 4.39 Å². The summed E-state index contributed by atoms with van der Waals surface area (Å²) in [5.74, 6) is 1.64. The molecule has 0 bridgehead atoms. The smallest absolute Gasteiger partial charge is 0.227 e. The van der Waals surface area contributed by atoms with E-state index in [4.69, 9.17) is 10.7 Å². The van der Waals surface area contributed by atoms with Crippen molar-refractivity contribution in [2.75, 3.05) is 18.4 Å². The van der Waals surface area contributed by atoms with Crippen molar-refractivity contribution in [3.63, 3.8) is 0 Å². The fourth-order valence-corrected chi connectivity index (χ4v) is 4.77. The van der Waals surface area contributed by atoms with Gasteiger partial charge in [-0.2, -0.15) is 0 Å². The minimum Gasteiger partial charge on any atom is -0.367 e. The number of nitrogens with zero attached hydrogens (tertiary/aromatic N) is 3. The number of rotatable bonds is 7. The van der Waals surface area contributed by atoms with Gasteiger partial charge in [-0.25, -0.2) is 14.4 Å². The number of hydrogen-bond acceptors (Lipinski definition) is 6. The molecule has 6 nitrogen and oxygen atoms in total. The molecule has 4 N–H and O–H groups in total. The Morgan fingerprint density at radius 1 is 1.06 bits per heavy atom. The van der Waals surface area contributed by atoms with Crippen molar-refractivity contribution in [1.82, 2.24) is 15.3 Å². The zero-order chi connectivity index (χ0) is 24.0. The highest BCUT2D eigenvalue weighted by molar-refractivity contribution is 5.83. The molecule has 0 spiro atoms. The van der Waals surface area contributed by atoms with Crippen LogP contribution in [0.4, 0.5) is 16.0 Å². The molecule has 7 heteroatoms. The van der Waals surface area contributed by atoms with Crippen molar-refractivity contribution in [3.8, 4) is 0 Å². The molecule has 4 rings (SSSR count). The Labute approximate surface area is 200 Å². The molecule has 0 amide bonds. The zero-order valence-electron chi connectivity index (χ0n) is 19.8. The van der Waals surface area contributed by atoms with Gasteiger partial charge in [0, 0.05) is 36.6 Å². The number of nitrogens with two attached hydrogens (primary N) is 1. The van der Waals surface area contributed by atoms with Crippen LogP contribution in [0.1, 0.15) is 56.2 Å². The van der Waals surface area contributed by atoms with Crippen LogP contribution in [0.15, 0.2) is 72.0 Å². The summed E-state index contributed by atoms with van der Waals surface area (Å²) in [5, 5.41) is 6.76. The summed E-state index contributed by atoms with van der Waals surface area (Å²) in [6.07, 6.45) is 5.81. The van der Waals surface area contributed by atoms with Crippen LogP contribution < -0.4 is 16.4 Å². The van der Waals surface area contributed by atoms with Gasteiger partial charge in [-0.05, 0) is 60.5 Å². The summed E-state index contributed by atoms with van der Waals surface area (Å²) in [7, 11) is 0. The number of hydrogen-bond donors (Lipinski definition) is 3. The van der Waals surface area contributed by atoms with E-state index in [2.05, 4.69) is 58.7 Å². The molecule has 1 unspecified atom stereocenters. The summed E-state index contributed by atoms with van der Waals surface area (Å²) >= 11 is 0. The third-order valence-electron chi connectivity index (χ3n) is 6.50. The van der Waals surface area contributed by atoms with Gasteiger partial charge in [0.2, 0.25) is 5.95 Å². The molecule has 1 aliphatic rings. The lowest BCUT2D eigenvalue weighted by molar-refractivity contribution is 0.290. The van der Waals surface area contributed by atoms with Crippen LogP contribution in [0, 0.1) is 11.2 Å². The minimum absolute atomic E-state index is 0.0255. The van der Waals surface area contributed by atoms with E-state index in [1.54, 1.807) is 24.5 Å². The van der Waals surface area contributed by atoms with Crippen molar-refractivity contribution >= 4 is 17.5 Å². The third kappa shape index (κ3) is 5.78. The molecule has 34 heavy (non-hydrogen) atoms. The van der Waals surface area contributed by atoms with Gasteiger partial charge < -0.3 is 16.4 Å². The number of anilines is 2. The predicted octanol–water partition coefficient (Wildman–Crippen LogP) is 5.34. The van der Waals surface area contributed by atoms with Gasteiger partial charge in [-0.15, -0.1) is 0 Å². The Morgan fingerprint density at radius 2 is 1.79 bits per heavy atom. The van der Waals surface area contributed by atoms with Crippen LogP contribution in [-0.4, -0.2) is 28.9 Å². The average Bonchev–Trinajstić information content (AvgIpc) is 2.97. The lowest BCUT2D eigenvalue weighted by Crippen LogP contribution is -2.34. The van der Waals surface area contributed by atoms with Gasteiger partial charge in [-0.1, -0.05) is 44.2 Å². The highest BCUT2D eigenvalue weighted by atomic mass is 19.1. The van der Waals surface area contributed by atoms with E-state index in [1.165, 1.54) is 11.6 Å². The highest BCUT2D eigenvalue weighted by Gasteiger charge is 2.34. The van der Waals surface area contributed by atoms with E-state index in [0.717, 1.165) is 30.9 Å². The normalized spacial score (nSPS) is 18.5. The molecule has 3 aromatic rings. The van der Waals surface area contributed by atoms with Crippen LogP contribution >= 0.6 is 0 Å². The molecule has 0 saturated heterocycles. The molecular formula is C27H33FN6. The van der Waals surface area contributed by atoms with Gasteiger partial charge in [0.1, 0.15) is 5.82 Å². The Bertz CT molecular complexity index is 1100. The number of halogens is 1. The Morgan fingerprint density at radius 3 is 2.50 bits per heavy atom. The minimum atomic E-state index is -0.214. The van der Waals surface area contributed by atoms with Gasteiger partial charge in [-0.3, -0.25) is 4.99 Å². The van der Waals surface area contributed by atoms with Gasteiger partial charge in [0.15, 0.2) is 0 Å². The molecule has 0 radical (unpaired) electrons. The maximum Gasteiger partial charge on any atom is 0.227 e. The second kappa shape index (κ2) is 10.7. The quantitative estimate of drug-likeness (QED) is 0.443. The summed E-state index contributed by atoms with van der Waals surface area (Å²) in [5.41, 5.74) is 8.70. The van der Waals surface area contributed by atoms with E-state index in [1.807, 2.05) is 12.1 Å². The van der Waals surface area contributed by atoms with Crippen molar-refractivity contribution in [2.24, 2.45) is 16.1 Å². The molecule has 0 fully saturated rings. The lowest BCUT2D eigenvalue weighted by atomic mass is 9.71. The molecule has 1 aromatic heterocycles. The largest absolute Gasteiger partial charge is 0.367 e. The number of aromatic nitrogens is 2. The van der Waals surface area contributed by atoms with Crippen LogP contribution in [0.2, 0.25) is 0 Å². The van der Waals surface area contributed by atoms with Crippen LogP contribution in [0.25, 0.3) is 0 Å². The average molecular weight is 461 g/mol. The molecular weight excluding hydrogens is 427 g/mol. The van der Waals surface area contributed by atoms with E-state index >= 15 is 0 Å². The molecule has 0 saturated carbocycles. The lowest BCUT2D eigenvalue weighted by Gasteiger charge is -2.34. The fraction of sp³-hybridized carbons (Fsp3) is 0.370. The predicted molar refractivity (Wildman–Crippen MR) is 136 cm³/mol. The summed E-state index contributed by atoms with van der Waals surface area (Å²) in [4.78, 5) is 13.3. The maximum atomic E-state index is 14.5. The SMILES string of the molecule is CC1(C)CC(N[C@@H](CCN)c2ccccc2F)=NCCC1c1ccc(Nc2ncccn2)cc1. The fourth-order valence-electron chi connectivity index (χ4n) is 4.77. The van der Waals surface area contributed by atoms with Gasteiger partial charge in [0.25, 0.3) is 0 Å². The molecule has 1 aliphatic heterocycles. The number of aliphatic imine (C=N–C) groups is 1. The Balaban J connectivity index is 1.46. The summed E-state index contributed by atoms with van der Waals surface area (Å²) in [6, 6.07) is 17.0. The first-order valence-electron chi connectivity index (χ1n) is 11.8. The zero-order valence-corrected chi connectivity index (χ0v) is 19.8. The molecule has 178 valence electrons. The van der Waals surface area contributed by atoms with E-state index in [-0.39, 0.29) is 17.3 Å². The molecule has 2 heterocycles. The number of benzene rings is 2. The standard InChI is InChI=1S/C27H33FN6/c1-27(2)18-25(34-24(12-14-29)21-6-3-4-7-23(21)28)30-17-13-22(27)19-8-10-20(11-9-19)33-26-31-15-5-16-32-26/h3-11,15-16,22,24H,12-14,17-18,29H2,1-2H3,(H,30,34)(H,31,32,33)/t22?,24-/m0/s1. The van der Waals surface area contributed by atoms with E-state index in [0.29, 0.717) is 30.4 Å². The van der Waals surface area contributed by atoms with Crippen LogP contribution in [-0.2, 0) is 0 Å². The summed E-state index contributed by atoms with van der Waals surface area (Å²) in [6.45, 7) is 5.76. The van der Waals surface area contributed by atoms with Crippen molar-refractivity contribution < 1.29 is 4.39 Å². The van der Waals surface area contributed by atoms with Gasteiger partial charge in [0.05, 0.1) is 11.9 Å². The molecule has 2 atom stereocenters.